The molecule has 1 amide bonds. The minimum Gasteiger partial charge on any atom is -0.435 e. The molecule has 2 aromatic rings. The molecule has 1 aromatic carbocycles. The third-order valence-electron chi connectivity index (χ3n) is 4.36. The van der Waals surface area contributed by atoms with Crippen LogP contribution >= 0.6 is 0 Å². The van der Waals surface area contributed by atoms with Gasteiger partial charge in [-0.1, -0.05) is 17.3 Å². The van der Waals surface area contributed by atoms with Gasteiger partial charge in [-0.15, -0.1) is 5.10 Å². The molecule has 2 heterocycles. The molecule has 1 fully saturated rings. The summed E-state index contributed by atoms with van der Waals surface area (Å²) in [6.45, 7) is 0.705. The second-order valence-electron chi connectivity index (χ2n) is 6.21. The molecule has 1 aliphatic rings. The van der Waals surface area contributed by atoms with E-state index in [-0.39, 0.29) is 23.4 Å². The highest BCUT2D eigenvalue weighted by molar-refractivity contribution is 5.92. The zero-order valence-corrected chi connectivity index (χ0v) is 14.4. The number of alkyl halides is 2. The van der Waals surface area contributed by atoms with E-state index in [2.05, 4.69) is 25.7 Å². The van der Waals surface area contributed by atoms with Crippen molar-refractivity contribution < 1.29 is 18.3 Å². The zero-order chi connectivity index (χ0) is 18.5. The molecule has 0 spiro atoms. The molecule has 9 heteroatoms. The molecular weight excluding hydrogens is 344 g/mol. The van der Waals surface area contributed by atoms with Crippen molar-refractivity contribution in [3.8, 4) is 5.75 Å². The van der Waals surface area contributed by atoms with Crippen LogP contribution in [-0.4, -0.2) is 40.6 Å². The fourth-order valence-electron chi connectivity index (χ4n) is 2.94. The molecule has 1 aromatic heterocycles. The monoisotopic (exact) mass is 365 g/mol. The zero-order valence-electron chi connectivity index (χ0n) is 14.4. The molecule has 1 atom stereocenters. The van der Waals surface area contributed by atoms with Crippen molar-refractivity contribution in [2.75, 3.05) is 13.1 Å². The molecule has 7 nitrogen and oxygen atoms in total. The number of nitrogens with zero attached hydrogens (tertiary/aromatic N) is 3. The summed E-state index contributed by atoms with van der Waals surface area (Å²) < 4.78 is 30.8. The number of halogens is 2. The van der Waals surface area contributed by atoms with E-state index in [1.807, 2.05) is 0 Å². The van der Waals surface area contributed by atoms with Crippen molar-refractivity contribution in [1.82, 2.24) is 25.6 Å². The summed E-state index contributed by atoms with van der Waals surface area (Å²) >= 11 is 0. The number of benzene rings is 1. The molecule has 0 radical (unpaired) electrons. The molecule has 1 unspecified atom stereocenters. The Hall–Kier alpha value is -2.55. The predicted octanol–water partition coefficient (Wildman–Crippen LogP) is 2.29. The van der Waals surface area contributed by atoms with Crippen molar-refractivity contribution in [3.05, 3.63) is 41.7 Å². The van der Waals surface area contributed by atoms with Gasteiger partial charge in [0.15, 0.2) is 5.69 Å². The van der Waals surface area contributed by atoms with E-state index >= 15 is 0 Å². The van der Waals surface area contributed by atoms with Gasteiger partial charge in [0.1, 0.15) is 5.75 Å². The number of ether oxygens (including phenoxy) is 1. The largest absolute Gasteiger partial charge is 0.435 e. The first-order valence-electron chi connectivity index (χ1n) is 8.51. The molecule has 3 rings (SSSR count). The maximum Gasteiger partial charge on any atom is 0.387 e. The minimum atomic E-state index is -2.89. The molecule has 1 aliphatic heterocycles. The standard InChI is InChI=1S/C17H21F2N5O2/c1-11(12-3-2-4-14(9-12)26-17(18)19)21-16(25)15-10-24(23-22-15)13-5-7-20-8-6-13/h2-4,9-11,13,17,20H,5-8H2,1H3,(H,21,25). The average Bonchev–Trinajstić information content (AvgIpc) is 3.12. The Bertz CT molecular complexity index is 746. The van der Waals surface area contributed by atoms with Crippen LogP contribution in [0.3, 0.4) is 0 Å². The number of piperidine rings is 1. The first-order valence-corrected chi connectivity index (χ1v) is 8.51. The summed E-state index contributed by atoms with van der Waals surface area (Å²) in [6, 6.07) is 6.09. The second-order valence-corrected chi connectivity index (χ2v) is 6.21. The first kappa shape index (κ1) is 18.2. The number of nitrogens with one attached hydrogen (secondary N) is 2. The van der Waals surface area contributed by atoms with Crippen LogP contribution in [0.25, 0.3) is 0 Å². The molecule has 140 valence electrons. The maximum absolute atomic E-state index is 12.4. The van der Waals surface area contributed by atoms with E-state index in [0.717, 1.165) is 25.9 Å². The van der Waals surface area contributed by atoms with Crippen LogP contribution in [0.5, 0.6) is 5.75 Å². The predicted molar refractivity (Wildman–Crippen MR) is 90.1 cm³/mol. The van der Waals surface area contributed by atoms with Crippen molar-refractivity contribution in [2.24, 2.45) is 0 Å². The van der Waals surface area contributed by atoms with E-state index in [4.69, 9.17) is 0 Å². The summed E-state index contributed by atoms with van der Waals surface area (Å²) in [5.74, 6) is -0.312. The second kappa shape index (κ2) is 8.22. The maximum atomic E-state index is 12.4. The van der Waals surface area contributed by atoms with Crippen molar-refractivity contribution in [1.29, 1.82) is 0 Å². The number of carbonyl (C=O) groups excluding carboxylic acids is 1. The molecule has 26 heavy (non-hydrogen) atoms. The van der Waals surface area contributed by atoms with E-state index in [1.54, 1.807) is 29.9 Å². The van der Waals surface area contributed by atoms with Gasteiger partial charge in [-0.25, -0.2) is 4.68 Å². The Morgan fingerprint density at radius 2 is 2.15 bits per heavy atom. The highest BCUT2D eigenvalue weighted by atomic mass is 19.3. The summed E-state index contributed by atoms with van der Waals surface area (Å²) in [5.41, 5.74) is 0.887. The van der Waals surface area contributed by atoms with Gasteiger partial charge in [-0.2, -0.15) is 8.78 Å². The Morgan fingerprint density at radius 3 is 2.88 bits per heavy atom. The number of aromatic nitrogens is 3. The fraction of sp³-hybridized carbons (Fsp3) is 0.471. The van der Waals surface area contributed by atoms with Crippen molar-refractivity contribution in [3.63, 3.8) is 0 Å². The Kier molecular flexibility index (Phi) is 5.77. The van der Waals surface area contributed by atoms with Crippen LogP contribution in [0.1, 0.15) is 47.9 Å². The average molecular weight is 365 g/mol. The van der Waals surface area contributed by atoms with Gasteiger partial charge in [0.05, 0.1) is 18.3 Å². The SMILES string of the molecule is CC(NC(=O)c1cn(C2CCNCC2)nn1)c1cccc(OC(F)F)c1. The fourth-order valence-corrected chi connectivity index (χ4v) is 2.94. The van der Waals surface area contributed by atoms with E-state index in [9.17, 15) is 13.6 Å². The van der Waals surface area contributed by atoms with Crippen LogP contribution < -0.4 is 15.4 Å². The van der Waals surface area contributed by atoms with Gasteiger partial charge in [0, 0.05) is 0 Å². The summed E-state index contributed by atoms with van der Waals surface area (Å²) in [6.07, 6.45) is 3.53. The molecule has 2 N–H and O–H groups in total. The smallest absolute Gasteiger partial charge is 0.387 e. The number of amides is 1. The lowest BCUT2D eigenvalue weighted by atomic mass is 10.1. The van der Waals surface area contributed by atoms with Gasteiger partial charge in [-0.05, 0) is 50.6 Å². The van der Waals surface area contributed by atoms with Crippen molar-refractivity contribution in [2.45, 2.75) is 38.5 Å². The lowest BCUT2D eigenvalue weighted by Crippen LogP contribution is -2.29. The molecule has 0 saturated carbocycles. The third kappa shape index (κ3) is 4.54. The van der Waals surface area contributed by atoms with Crippen LogP contribution in [-0.2, 0) is 0 Å². The van der Waals surface area contributed by atoms with E-state index in [1.165, 1.54) is 12.1 Å². The molecular formula is C17H21F2N5O2. The number of hydrogen-bond acceptors (Lipinski definition) is 5. The van der Waals surface area contributed by atoms with Gasteiger partial charge in [-0.3, -0.25) is 4.79 Å². The van der Waals surface area contributed by atoms with Crippen LogP contribution in [0, 0.1) is 0 Å². The highest BCUT2D eigenvalue weighted by Crippen LogP contribution is 2.21. The first-order chi connectivity index (χ1) is 12.5. The van der Waals surface area contributed by atoms with E-state index < -0.39 is 12.7 Å². The Balaban J connectivity index is 1.63. The number of rotatable bonds is 6. The lowest BCUT2D eigenvalue weighted by molar-refractivity contribution is -0.0499. The van der Waals surface area contributed by atoms with Crippen LogP contribution in [0.15, 0.2) is 30.5 Å². The molecule has 0 bridgehead atoms. The van der Waals surface area contributed by atoms with E-state index in [0.29, 0.717) is 5.56 Å². The summed E-state index contributed by atoms with van der Waals surface area (Å²) in [5, 5.41) is 14.1. The summed E-state index contributed by atoms with van der Waals surface area (Å²) in [7, 11) is 0. The van der Waals surface area contributed by atoms with Crippen molar-refractivity contribution >= 4 is 5.91 Å². The lowest BCUT2D eigenvalue weighted by Gasteiger charge is -2.22. The minimum absolute atomic E-state index is 0.0513. The number of carbonyl (C=O) groups is 1. The van der Waals surface area contributed by atoms with Crippen LogP contribution in [0.2, 0.25) is 0 Å². The van der Waals surface area contributed by atoms with Gasteiger partial charge in [0.25, 0.3) is 5.91 Å². The van der Waals surface area contributed by atoms with Crippen LogP contribution in [0.4, 0.5) is 8.78 Å². The normalized spacial score (nSPS) is 16.5. The highest BCUT2D eigenvalue weighted by Gasteiger charge is 2.20. The quantitative estimate of drug-likeness (QED) is 0.821. The van der Waals surface area contributed by atoms with Gasteiger partial charge in [0.2, 0.25) is 0 Å². The third-order valence-corrected chi connectivity index (χ3v) is 4.36. The molecule has 0 aliphatic carbocycles. The summed E-state index contributed by atoms with van der Waals surface area (Å²) in [4.78, 5) is 12.4. The van der Waals surface area contributed by atoms with Gasteiger partial charge < -0.3 is 15.4 Å². The number of hydrogen-bond donors (Lipinski definition) is 2. The van der Waals surface area contributed by atoms with Gasteiger partial charge >= 0.3 is 6.61 Å². The topological polar surface area (TPSA) is 81.1 Å². The Morgan fingerprint density at radius 1 is 1.38 bits per heavy atom. The molecule has 1 saturated heterocycles. The Labute approximate surface area is 149 Å².